The van der Waals surface area contributed by atoms with Gasteiger partial charge in [0, 0.05) is 37.7 Å². The van der Waals surface area contributed by atoms with Gasteiger partial charge in [0.15, 0.2) is 0 Å². The number of anilines is 1. The Hall–Kier alpha value is -2.29. The van der Waals surface area contributed by atoms with E-state index >= 15 is 0 Å². The molecular formula is C18H22N6O2S. The maximum Gasteiger partial charge on any atom is 0.267 e. The Labute approximate surface area is 160 Å². The number of carbonyl (C=O) groups excluding carboxylic acids is 1. The highest BCUT2D eigenvalue weighted by atomic mass is 32.1. The molecule has 27 heavy (non-hydrogen) atoms. The van der Waals surface area contributed by atoms with Crippen LogP contribution in [0.5, 0.6) is 0 Å². The minimum atomic E-state index is -0.00683. The fourth-order valence-electron chi connectivity index (χ4n) is 4.67. The molecule has 9 heteroatoms. The van der Waals surface area contributed by atoms with Gasteiger partial charge in [-0.05, 0) is 50.1 Å². The predicted molar refractivity (Wildman–Crippen MR) is 101 cm³/mol. The predicted octanol–water partition coefficient (Wildman–Crippen LogP) is 1.33. The average Bonchev–Trinajstić information content (AvgIpc) is 3.41. The molecule has 2 aromatic rings. The number of fused-ring (bicyclic) bond motifs is 3. The zero-order chi connectivity index (χ0) is 18.5. The fraction of sp³-hybridized carbons (Fsp3) is 0.611. The lowest BCUT2D eigenvalue weighted by atomic mass is 9.80. The molecule has 4 heterocycles. The van der Waals surface area contributed by atoms with Crippen LogP contribution in [-0.4, -0.2) is 56.5 Å². The lowest BCUT2D eigenvalue weighted by Gasteiger charge is -2.27. The van der Waals surface area contributed by atoms with Gasteiger partial charge in [0.25, 0.3) is 11.5 Å². The number of aryl methyl sites for hydroxylation is 1. The van der Waals surface area contributed by atoms with Gasteiger partial charge in [-0.25, -0.2) is 4.98 Å². The summed E-state index contributed by atoms with van der Waals surface area (Å²) in [6.07, 6.45) is 3.94. The molecule has 3 aliphatic rings. The summed E-state index contributed by atoms with van der Waals surface area (Å²) in [4.78, 5) is 38.1. The summed E-state index contributed by atoms with van der Waals surface area (Å²) in [5.74, 6) is 1.21. The van der Waals surface area contributed by atoms with Crippen molar-refractivity contribution >= 4 is 23.4 Å². The van der Waals surface area contributed by atoms with Crippen LogP contribution in [0, 0.1) is 12.8 Å². The third-order valence-electron chi connectivity index (χ3n) is 6.13. The number of H-pyrrole nitrogens is 1. The molecule has 0 unspecified atom stereocenters. The molecule has 1 amide bonds. The Morgan fingerprint density at radius 3 is 2.81 bits per heavy atom. The van der Waals surface area contributed by atoms with Crippen molar-refractivity contribution in [2.45, 2.75) is 38.5 Å². The summed E-state index contributed by atoms with van der Waals surface area (Å²) in [7, 11) is 0. The number of hydrogen-bond acceptors (Lipinski definition) is 7. The highest BCUT2D eigenvalue weighted by Gasteiger charge is 2.42. The Morgan fingerprint density at radius 1 is 1.26 bits per heavy atom. The molecule has 2 saturated heterocycles. The molecule has 2 aliphatic heterocycles. The third kappa shape index (κ3) is 2.75. The quantitative estimate of drug-likeness (QED) is 0.837. The van der Waals surface area contributed by atoms with E-state index in [2.05, 4.69) is 19.5 Å². The van der Waals surface area contributed by atoms with Gasteiger partial charge in [-0.2, -0.15) is 0 Å². The first-order chi connectivity index (χ1) is 13.1. The van der Waals surface area contributed by atoms with Gasteiger partial charge in [-0.15, -0.1) is 5.10 Å². The standard InChI is InChI=1S/C18H22N6O2S/c1-10-15(27-22-21-10)17(26)24-8-11-4-5-12-14(13(11)9-24)19-18(20-16(12)25)23-6-2-3-7-23/h11,13H,2-9H2,1H3,(H,19,20,25)/t11-,13+/m1/s1. The van der Waals surface area contributed by atoms with E-state index in [9.17, 15) is 9.59 Å². The monoisotopic (exact) mass is 386 g/mol. The van der Waals surface area contributed by atoms with E-state index in [0.29, 0.717) is 35.5 Å². The van der Waals surface area contributed by atoms with Crippen molar-refractivity contribution in [1.29, 1.82) is 0 Å². The van der Waals surface area contributed by atoms with Crippen molar-refractivity contribution in [3.05, 3.63) is 32.2 Å². The van der Waals surface area contributed by atoms with Crippen LogP contribution in [0.25, 0.3) is 0 Å². The molecule has 1 aliphatic carbocycles. The minimum absolute atomic E-state index is 0.00283. The molecular weight excluding hydrogens is 364 g/mol. The second-order valence-electron chi connectivity index (χ2n) is 7.75. The van der Waals surface area contributed by atoms with Crippen LogP contribution in [0.15, 0.2) is 4.79 Å². The van der Waals surface area contributed by atoms with Gasteiger partial charge >= 0.3 is 0 Å². The third-order valence-corrected chi connectivity index (χ3v) is 6.95. The highest BCUT2D eigenvalue weighted by Crippen LogP contribution is 2.40. The Morgan fingerprint density at radius 2 is 2.07 bits per heavy atom. The molecule has 8 nitrogen and oxygen atoms in total. The smallest absolute Gasteiger partial charge is 0.267 e. The number of hydrogen-bond donors (Lipinski definition) is 1. The largest absolute Gasteiger partial charge is 0.342 e. The lowest BCUT2D eigenvalue weighted by molar-refractivity contribution is 0.0789. The molecule has 0 radical (unpaired) electrons. The summed E-state index contributed by atoms with van der Waals surface area (Å²) >= 11 is 1.16. The van der Waals surface area contributed by atoms with E-state index in [-0.39, 0.29) is 17.4 Å². The molecule has 5 rings (SSSR count). The van der Waals surface area contributed by atoms with Crippen molar-refractivity contribution < 1.29 is 4.79 Å². The summed E-state index contributed by atoms with van der Waals surface area (Å²) in [6.45, 7) is 5.03. The molecule has 2 aromatic heterocycles. The molecule has 2 atom stereocenters. The minimum Gasteiger partial charge on any atom is -0.342 e. The first-order valence-corrected chi connectivity index (χ1v) is 10.4. The van der Waals surface area contributed by atoms with E-state index in [1.54, 1.807) is 0 Å². The highest BCUT2D eigenvalue weighted by molar-refractivity contribution is 7.07. The van der Waals surface area contributed by atoms with Crippen molar-refractivity contribution in [3.8, 4) is 0 Å². The zero-order valence-electron chi connectivity index (χ0n) is 15.3. The van der Waals surface area contributed by atoms with Crippen LogP contribution in [0.1, 0.15) is 51.8 Å². The van der Waals surface area contributed by atoms with Crippen molar-refractivity contribution in [2.24, 2.45) is 5.92 Å². The van der Waals surface area contributed by atoms with Gasteiger partial charge in [-0.1, -0.05) is 4.49 Å². The molecule has 0 aromatic carbocycles. The number of nitrogens with one attached hydrogen (secondary N) is 1. The van der Waals surface area contributed by atoms with E-state index < -0.39 is 0 Å². The van der Waals surface area contributed by atoms with Crippen LogP contribution in [-0.2, 0) is 6.42 Å². The first-order valence-electron chi connectivity index (χ1n) is 9.58. The van der Waals surface area contributed by atoms with Crippen molar-refractivity contribution in [3.63, 3.8) is 0 Å². The molecule has 2 fully saturated rings. The first kappa shape index (κ1) is 16.9. The van der Waals surface area contributed by atoms with Crippen LogP contribution in [0.2, 0.25) is 0 Å². The van der Waals surface area contributed by atoms with E-state index in [1.165, 1.54) is 0 Å². The summed E-state index contributed by atoms with van der Waals surface area (Å²) in [6, 6.07) is 0. The van der Waals surface area contributed by atoms with Gasteiger partial charge in [0.05, 0.1) is 11.4 Å². The molecule has 142 valence electrons. The summed E-state index contributed by atoms with van der Waals surface area (Å²) in [5, 5.41) is 3.96. The fourth-order valence-corrected chi connectivity index (χ4v) is 5.30. The number of amides is 1. The molecule has 0 bridgehead atoms. The summed E-state index contributed by atoms with van der Waals surface area (Å²) < 4.78 is 3.89. The summed E-state index contributed by atoms with van der Waals surface area (Å²) in [5.41, 5.74) is 2.40. The van der Waals surface area contributed by atoms with Gasteiger partial charge in [-0.3, -0.25) is 14.6 Å². The van der Waals surface area contributed by atoms with E-state index in [4.69, 9.17) is 4.98 Å². The van der Waals surface area contributed by atoms with Crippen LogP contribution in [0.4, 0.5) is 5.95 Å². The van der Waals surface area contributed by atoms with Gasteiger partial charge < -0.3 is 9.80 Å². The molecule has 0 spiro atoms. The maximum absolute atomic E-state index is 12.9. The topological polar surface area (TPSA) is 95.1 Å². The van der Waals surface area contributed by atoms with Crippen molar-refractivity contribution in [2.75, 3.05) is 31.1 Å². The maximum atomic E-state index is 12.9. The number of carbonyl (C=O) groups is 1. The second kappa shape index (κ2) is 6.40. The SMILES string of the molecule is Cc1nnsc1C(=O)N1C[C@H]2CCc3c(nc(N4CCCC4)[nH]c3=O)[C@H]2C1. The van der Waals surface area contributed by atoms with Gasteiger partial charge in [0.1, 0.15) is 4.88 Å². The number of likely N-dealkylation sites (tertiary alicyclic amines) is 1. The van der Waals surface area contributed by atoms with Crippen LogP contribution in [0.3, 0.4) is 0 Å². The average molecular weight is 386 g/mol. The van der Waals surface area contributed by atoms with E-state index in [1.807, 2.05) is 11.8 Å². The number of aromatic nitrogens is 4. The van der Waals surface area contributed by atoms with Crippen molar-refractivity contribution in [1.82, 2.24) is 24.5 Å². The molecule has 0 saturated carbocycles. The van der Waals surface area contributed by atoms with Gasteiger partial charge in [0.2, 0.25) is 5.95 Å². The zero-order valence-corrected chi connectivity index (χ0v) is 16.1. The number of rotatable bonds is 2. The molecule has 1 N–H and O–H groups in total. The Bertz CT molecular complexity index is 948. The Balaban J connectivity index is 1.46. The van der Waals surface area contributed by atoms with Crippen LogP contribution >= 0.6 is 11.5 Å². The normalized spacial score (nSPS) is 24.2. The lowest BCUT2D eigenvalue weighted by Crippen LogP contribution is -2.31. The Kier molecular flexibility index (Phi) is 3.99. The van der Waals surface area contributed by atoms with Crippen LogP contribution < -0.4 is 10.5 Å². The number of aromatic amines is 1. The second-order valence-corrected chi connectivity index (χ2v) is 8.50. The van der Waals surface area contributed by atoms with E-state index in [0.717, 1.165) is 61.6 Å². The number of nitrogens with zero attached hydrogens (tertiary/aromatic N) is 5.